The Balaban J connectivity index is 2.11. The zero-order valence-electron chi connectivity index (χ0n) is 14.0. The Morgan fingerprint density at radius 2 is 1.96 bits per heavy atom. The maximum atomic E-state index is 12.2. The van der Waals surface area contributed by atoms with Crippen molar-refractivity contribution < 1.29 is 22.7 Å². The first-order chi connectivity index (χ1) is 12.6. The molecule has 2 rings (SSSR count). The van der Waals surface area contributed by atoms with E-state index in [1.807, 2.05) is 6.07 Å². The number of primary sulfonamides is 1. The van der Waals surface area contributed by atoms with Gasteiger partial charge in [-0.2, -0.15) is 5.26 Å². The number of carbonyl (C=O) groups excluding carboxylic acids is 2. The molecular weight excluding hydrogens is 394 g/mol. The number of anilines is 1. The quantitative estimate of drug-likeness (QED) is 0.727. The van der Waals surface area contributed by atoms with Crippen molar-refractivity contribution in [3.8, 4) is 6.07 Å². The van der Waals surface area contributed by atoms with E-state index in [0.717, 1.165) is 6.07 Å². The van der Waals surface area contributed by atoms with Gasteiger partial charge in [-0.3, -0.25) is 4.79 Å². The number of sulfonamides is 1. The summed E-state index contributed by atoms with van der Waals surface area (Å²) in [6.07, 6.45) is -1.18. The molecule has 140 valence electrons. The highest BCUT2D eigenvalue weighted by Gasteiger charge is 2.21. The molecule has 0 aromatic heterocycles. The van der Waals surface area contributed by atoms with Gasteiger partial charge in [-0.25, -0.2) is 18.4 Å². The Labute approximate surface area is 160 Å². The van der Waals surface area contributed by atoms with Gasteiger partial charge in [0.05, 0.1) is 22.2 Å². The van der Waals surface area contributed by atoms with E-state index < -0.39 is 32.9 Å². The summed E-state index contributed by atoms with van der Waals surface area (Å²) >= 11 is 5.76. The van der Waals surface area contributed by atoms with Gasteiger partial charge in [-0.05, 0) is 43.3 Å². The maximum absolute atomic E-state index is 12.2. The molecule has 1 atom stereocenters. The molecule has 0 spiro atoms. The van der Waals surface area contributed by atoms with Crippen LogP contribution < -0.4 is 10.5 Å². The standard InChI is InChI=1S/C17H14ClN3O5S/c1-10(16(22)21-13-4-2-3-11(7-13)9-19)26-17(23)12-5-6-14(18)15(8-12)27(20,24)25/h2-8,10H,1H3,(H,21,22)(H2,20,24,25)/t10-/m1/s1. The molecule has 1 amide bonds. The molecule has 0 fully saturated rings. The molecule has 8 nitrogen and oxygen atoms in total. The van der Waals surface area contributed by atoms with Crippen molar-refractivity contribution >= 4 is 39.2 Å². The third kappa shape index (κ3) is 5.27. The molecule has 0 radical (unpaired) electrons. The monoisotopic (exact) mass is 407 g/mol. The van der Waals surface area contributed by atoms with Crippen molar-refractivity contribution in [2.75, 3.05) is 5.32 Å². The van der Waals surface area contributed by atoms with Gasteiger partial charge >= 0.3 is 5.97 Å². The van der Waals surface area contributed by atoms with E-state index in [1.165, 1.54) is 25.1 Å². The first kappa shape index (κ1) is 20.4. The van der Waals surface area contributed by atoms with Gasteiger partial charge in [-0.15, -0.1) is 0 Å². The number of nitrogens with one attached hydrogen (secondary N) is 1. The Bertz CT molecular complexity index is 1050. The lowest BCUT2D eigenvalue weighted by Crippen LogP contribution is -2.30. The van der Waals surface area contributed by atoms with E-state index in [-0.39, 0.29) is 10.6 Å². The third-order valence-electron chi connectivity index (χ3n) is 3.39. The number of benzene rings is 2. The van der Waals surface area contributed by atoms with Crippen LogP contribution >= 0.6 is 11.6 Å². The highest BCUT2D eigenvalue weighted by molar-refractivity contribution is 7.89. The third-order valence-corrected chi connectivity index (χ3v) is 4.78. The number of esters is 1. The number of carbonyl (C=O) groups is 2. The molecule has 0 unspecified atom stereocenters. The molecule has 2 aromatic carbocycles. The second-order valence-electron chi connectivity index (χ2n) is 5.42. The summed E-state index contributed by atoms with van der Waals surface area (Å²) in [5.41, 5.74) is 0.591. The topological polar surface area (TPSA) is 139 Å². The SMILES string of the molecule is C[C@@H](OC(=O)c1ccc(Cl)c(S(N)(=O)=O)c1)C(=O)Nc1cccc(C#N)c1. The summed E-state index contributed by atoms with van der Waals surface area (Å²) < 4.78 is 28.0. The predicted octanol–water partition coefficient (Wildman–Crippen LogP) is 2.04. The van der Waals surface area contributed by atoms with E-state index in [0.29, 0.717) is 11.3 Å². The predicted molar refractivity (Wildman–Crippen MR) is 97.5 cm³/mol. The summed E-state index contributed by atoms with van der Waals surface area (Å²) in [6, 6.07) is 11.6. The van der Waals surface area contributed by atoms with Crippen molar-refractivity contribution in [3.63, 3.8) is 0 Å². The largest absolute Gasteiger partial charge is 0.449 e. The van der Waals surface area contributed by atoms with Gasteiger partial charge in [0.2, 0.25) is 10.0 Å². The van der Waals surface area contributed by atoms with Crippen LogP contribution in [0.2, 0.25) is 5.02 Å². The lowest BCUT2D eigenvalue weighted by molar-refractivity contribution is -0.123. The van der Waals surface area contributed by atoms with Crippen LogP contribution in [-0.2, 0) is 19.6 Å². The van der Waals surface area contributed by atoms with Crippen molar-refractivity contribution in [2.24, 2.45) is 5.14 Å². The number of nitrogens with two attached hydrogens (primary N) is 1. The van der Waals surface area contributed by atoms with Crippen LogP contribution in [0.3, 0.4) is 0 Å². The minimum absolute atomic E-state index is 0.130. The zero-order chi connectivity index (χ0) is 20.2. The minimum atomic E-state index is -4.13. The number of hydrogen-bond acceptors (Lipinski definition) is 6. The highest BCUT2D eigenvalue weighted by atomic mass is 35.5. The van der Waals surface area contributed by atoms with Crippen LogP contribution in [0.4, 0.5) is 5.69 Å². The Kier molecular flexibility index (Phi) is 6.17. The second-order valence-corrected chi connectivity index (χ2v) is 7.36. The van der Waals surface area contributed by atoms with Crippen LogP contribution in [0.5, 0.6) is 0 Å². The molecule has 2 aromatic rings. The Morgan fingerprint density at radius 1 is 1.26 bits per heavy atom. The summed E-state index contributed by atoms with van der Waals surface area (Å²) in [7, 11) is -4.13. The van der Waals surface area contributed by atoms with E-state index in [9.17, 15) is 18.0 Å². The second kappa shape index (κ2) is 8.18. The fourth-order valence-electron chi connectivity index (χ4n) is 2.04. The van der Waals surface area contributed by atoms with E-state index in [4.69, 9.17) is 26.7 Å². The Morgan fingerprint density at radius 3 is 2.59 bits per heavy atom. The van der Waals surface area contributed by atoms with Crippen LogP contribution in [0.25, 0.3) is 0 Å². The van der Waals surface area contributed by atoms with Crippen molar-refractivity contribution in [3.05, 3.63) is 58.6 Å². The molecule has 0 saturated carbocycles. The average Bonchev–Trinajstić information content (AvgIpc) is 2.61. The van der Waals surface area contributed by atoms with Crippen LogP contribution in [0, 0.1) is 11.3 Å². The molecule has 0 aliphatic rings. The number of nitriles is 1. The van der Waals surface area contributed by atoms with Gasteiger partial charge < -0.3 is 10.1 Å². The molecule has 0 aliphatic heterocycles. The van der Waals surface area contributed by atoms with Gasteiger partial charge in [0, 0.05) is 5.69 Å². The fraction of sp³-hybridized carbons (Fsp3) is 0.118. The van der Waals surface area contributed by atoms with Crippen LogP contribution in [-0.4, -0.2) is 26.4 Å². The van der Waals surface area contributed by atoms with Crippen molar-refractivity contribution in [1.29, 1.82) is 5.26 Å². The van der Waals surface area contributed by atoms with Gasteiger partial charge in [0.25, 0.3) is 5.91 Å². The first-order valence-corrected chi connectivity index (χ1v) is 9.38. The number of ether oxygens (including phenoxy) is 1. The minimum Gasteiger partial charge on any atom is -0.449 e. The molecule has 0 bridgehead atoms. The lowest BCUT2D eigenvalue weighted by Gasteiger charge is -2.14. The summed E-state index contributed by atoms with van der Waals surface area (Å²) in [4.78, 5) is 23.9. The smallest absolute Gasteiger partial charge is 0.338 e. The number of hydrogen-bond donors (Lipinski definition) is 2. The molecule has 10 heteroatoms. The maximum Gasteiger partial charge on any atom is 0.338 e. The van der Waals surface area contributed by atoms with Crippen molar-refractivity contribution in [1.82, 2.24) is 0 Å². The van der Waals surface area contributed by atoms with Gasteiger partial charge in [0.15, 0.2) is 6.10 Å². The van der Waals surface area contributed by atoms with Gasteiger partial charge in [0.1, 0.15) is 4.90 Å². The zero-order valence-corrected chi connectivity index (χ0v) is 15.5. The molecule has 3 N–H and O–H groups in total. The van der Waals surface area contributed by atoms with Gasteiger partial charge in [-0.1, -0.05) is 17.7 Å². The first-order valence-electron chi connectivity index (χ1n) is 7.46. The summed E-state index contributed by atoms with van der Waals surface area (Å²) in [5, 5.41) is 16.3. The average molecular weight is 408 g/mol. The molecule has 0 heterocycles. The molecule has 27 heavy (non-hydrogen) atoms. The van der Waals surface area contributed by atoms with E-state index in [2.05, 4.69) is 5.32 Å². The molecule has 0 saturated heterocycles. The molecule has 0 aliphatic carbocycles. The number of nitrogens with zero attached hydrogens (tertiary/aromatic N) is 1. The van der Waals surface area contributed by atoms with Crippen LogP contribution in [0.15, 0.2) is 47.4 Å². The van der Waals surface area contributed by atoms with E-state index >= 15 is 0 Å². The number of amides is 1. The van der Waals surface area contributed by atoms with E-state index in [1.54, 1.807) is 18.2 Å². The number of halogens is 1. The number of rotatable bonds is 5. The molecular formula is C17H14ClN3O5S. The van der Waals surface area contributed by atoms with Crippen LogP contribution in [0.1, 0.15) is 22.8 Å². The fourth-order valence-corrected chi connectivity index (χ4v) is 3.11. The summed E-state index contributed by atoms with van der Waals surface area (Å²) in [6.45, 7) is 1.35. The highest BCUT2D eigenvalue weighted by Crippen LogP contribution is 2.22. The lowest BCUT2D eigenvalue weighted by atomic mass is 10.2. The van der Waals surface area contributed by atoms with Crippen molar-refractivity contribution in [2.45, 2.75) is 17.9 Å². The Hall–Kier alpha value is -2.93. The summed E-state index contributed by atoms with van der Waals surface area (Å²) in [5.74, 6) is -1.55. The normalized spacial score (nSPS) is 11.9.